The molecule has 39 heavy (non-hydrogen) atoms. The van der Waals surface area contributed by atoms with Gasteiger partial charge in [-0.25, -0.2) is 0 Å². The third-order valence-electron chi connectivity index (χ3n) is 8.03. The first kappa shape index (κ1) is 28.8. The number of nitrogens with zero attached hydrogens (tertiary/aromatic N) is 3. The molecule has 2 N–H and O–H groups in total. The lowest BCUT2D eigenvalue weighted by molar-refractivity contribution is 0.0950. The monoisotopic (exact) mass is 549 g/mol. The summed E-state index contributed by atoms with van der Waals surface area (Å²) >= 11 is 6.56. The molecular weight excluding hydrogens is 510 g/mol. The quantitative estimate of drug-likeness (QED) is 0.366. The highest BCUT2D eigenvalue weighted by molar-refractivity contribution is 6.31. The molecule has 7 nitrogen and oxygen atoms in total. The van der Waals surface area contributed by atoms with Crippen molar-refractivity contribution in [2.45, 2.75) is 78.6 Å². The topological polar surface area (TPSA) is 81.3 Å². The maximum atomic E-state index is 13.3. The van der Waals surface area contributed by atoms with Gasteiger partial charge >= 0.3 is 0 Å². The van der Waals surface area contributed by atoms with E-state index in [0.717, 1.165) is 61.4 Å². The second-order valence-corrected chi connectivity index (χ2v) is 11.2. The maximum Gasteiger partial charge on any atom is 0.251 e. The van der Waals surface area contributed by atoms with Crippen LogP contribution in [0.25, 0.3) is 0 Å². The lowest BCUT2D eigenvalue weighted by Crippen LogP contribution is -2.43. The number of aromatic amines is 1. The van der Waals surface area contributed by atoms with E-state index >= 15 is 0 Å². The van der Waals surface area contributed by atoms with Crippen molar-refractivity contribution in [2.24, 2.45) is 0 Å². The number of hydrogen-bond donors (Lipinski definition) is 2. The Labute approximate surface area is 236 Å². The molecular formula is C31H40ClN5O2. The lowest BCUT2D eigenvalue weighted by atomic mass is 9.88. The van der Waals surface area contributed by atoms with Crippen molar-refractivity contribution in [3.63, 3.8) is 0 Å². The lowest BCUT2D eigenvalue weighted by Gasteiger charge is -2.41. The number of aromatic nitrogens is 2. The molecule has 0 atom stereocenters. The summed E-state index contributed by atoms with van der Waals surface area (Å²) in [6.45, 7) is 9.74. The zero-order valence-electron chi connectivity index (χ0n) is 23.7. The number of benzene rings is 1. The van der Waals surface area contributed by atoms with E-state index in [1.165, 1.54) is 5.56 Å². The Morgan fingerprint density at radius 2 is 1.85 bits per heavy atom. The Morgan fingerprint density at radius 3 is 2.49 bits per heavy atom. The fourth-order valence-corrected chi connectivity index (χ4v) is 6.12. The average Bonchev–Trinajstić information content (AvgIpc) is 2.91. The van der Waals surface area contributed by atoms with Crippen molar-refractivity contribution < 1.29 is 4.79 Å². The number of amides is 1. The van der Waals surface area contributed by atoms with E-state index in [2.05, 4.69) is 45.1 Å². The van der Waals surface area contributed by atoms with Crippen LogP contribution >= 0.6 is 11.6 Å². The number of H-pyrrole nitrogens is 1. The minimum atomic E-state index is -0.229. The molecule has 2 aromatic heterocycles. The van der Waals surface area contributed by atoms with E-state index in [-0.39, 0.29) is 17.9 Å². The number of carbonyl (C=O) groups excluding carboxylic acids is 1. The van der Waals surface area contributed by atoms with Gasteiger partial charge in [-0.2, -0.15) is 0 Å². The highest BCUT2D eigenvalue weighted by Crippen LogP contribution is 2.34. The second-order valence-electron chi connectivity index (χ2n) is 10.7. The molecule has 8 heteroatoms. The zero-order valence-corrected chi connectivity index (χ0v) is 24.4. The molecule has 4 rings (SSSR count). The van der Waals surface area contributed by atoms with Gasteiger partial charge < -0.3 is 15.2 Å². The summed E-state index contributed by atoms with van der Waals surface area (Å²) in [5.41, 5.74) is 5.75. The molecule has 3 aromatic rings. The standard InChI is InChI=1S/C31H40ClN5O2/c1-6-37(26-11-9-25(10-12-26)36(5)19-23-8-7-13-33-17-23)29-16-24(32)15-27(21(29)3)31(39)34-18-28-22(4)35-20(2)14-30(28)38/h7-8,13-17,25-26H,6,9-12,18-19H2,1-5H3,(H,34,39)(H,35,38)/t25-,26-. The van der Waals surface area contributed by atoms with Crippen LogP contribution < -0.4 is 15.6 Å². The van der Waals surface area contributed by atoms with Gasteiger partial charge in [-0.15, -0.1) is 0 Å². The zero-order chi connectivity index (χ0) is 28.1. The van der Waals surface area contributed by atoms with Crippen LogP contribution in [0, 0.1) is 20.8 Å². The molecule has 0 unspecified atom stereocenters. The largest absolute Gasteiger partial charge is 0.369 e. The van der Waals surface area contributed by atoms with Gasteiger partial charge in [-0.3, -0.25) is 19.5 Å². The molecule has 1 aliphatic rings. The van der Waals surface area contributed by atoms with Crippen LogP contribution in [0.5, 0.6) is 0 Å². The van der Waals surface area contributed by atoms with E-state index in [1.54, 1.807) is 12.1 Å². The fourth-order valence-electron chi connectivity index (χ4n) is 5.90. The van der Waals surface area contributed by atoms with Crippen molar-refractivity contribution in [1.29, 1.82) is 0 Å². The molecule has 0 radical (unpaired) electrons. The van der Waals surface area contributed by atoms with E-state index in [9.17, 15) is 9.59 Å². The summed E-state index contributed by atoms with van der Waals surface area (Å²) in [6.07, 6.45) is 8.16. The van der Waals surface area contributed by atoms with Crippen molar-refractivity contribution in [3.8, 4) is 0 Å². The number of aryl methyl sites for hydroxylation is 2. The number of anilines is 1. The maximum absolute atomic E-state index is 13.3. The Bertz CT molecular complexity index is 1350. The van der Waals surface area contributed by atoms with Gasteiger partial charge in [0.25, 0.3) is 5.91 Å². The molecule has 1 amide bonds. The minimum Gasteiger partial charge on any atom is -0.369 e. The second kappa shape index (κ2) is 12.8. The number of halogens is 1. The Kier molecular flexibility index (Phi) is 9.46. The van der Waals surface area contributed by atoms with E-state index in [1.807, 2.05) is 45.3 Å². The van der Waals surface area contributed by atoms with Crippen molar-refractivity contribution in [2.75, 3.05) is 18.5 Å². The summed E-state index contributed by atoms with van der Waals surface area (Å²) < 4.78 is 0. The average molecular weight is 550 g/mol. The van der Waals surface area contributed by atoms with Gasteiger partial charge in [0.1, 0.15) is 0 Å². The van der Waals surface area contributed by atoms with Crippen LogP contribution in [0.2, 0.25) is 5.02 Å². The van der Waals surface area contributed by atoms with Gasteiger partial charge in [-0.05, 0) is 89.8 Å². The molecule has 0 aliphatic heterocycles. The number of nitrogens with one attached hydrogen (secondary N) is 2. The third kappa shape index (κ3) is 6.89. The molecule has 1 fully saturated rings. The molecule has 1 aromatic carbocycles. The molecule has 208 valence electrons. The first-order valence-electron chi connectivity index (χ1n) is 13.8. The Hall–Kier alpha value is -3.16. The highest BCUT2D eigenvalue weighted by atomic mass is 35.5. The predicted molar refractivity (Wildman–Crippen MR) is 159 cm³/mol. The molecule has 0 bridgehead atoms. The molecule has 1 saturated carbocycles. The molecule has 1 aliphatic carbocycles. The van der Waals surface area contributed by atoms with Gasteiger partial charge in [0, 0.05) is 83.4 Å². The van der Waals surface area contributed by atoms with E-state index in [4.69, 9.17) is 11.6 Å². The van der Waals surface area contributed by atoms with Crippen LogP contribution in [0.4, 0.5) is 5.69 Å². The van der Waals surface area contributed by atoms with Crippen LogP contribution in [0.3, 0.4) is 0 Å². The SMILES string of the molecule is CCN(c1cc(Cl)cc(C(=O)NCc2c(C)[nH]c(C)cc2=O)c1C)[C@H]1CC[C@H](N(C)Cc2cccnc2)CC1. The number of pyridine rings is 2. The normalized spacial score (nSPS) is 17.3. The van der Waals surface area contributed by atoms with Crippen molar-refractivity contribution in [1.82, 2.24) is 20.2 Å². The van der Waals surface area contributed by atoms with Gasteiger partial charge in [0.05, 0.1) is 0 Å². The number of rotatable bonds is 9. The Morgan fingerprint density at radius 1 is 1.13 bits per heavy atom. The number of hydrogen-bond acceptors (Lipinski definition) is 5. The smallest absolute Gasteiger partial charge is 0.251 e. The Balaban J connectivity index is 1.45. The first-order chi connectivity index (χ1) is 18.7. The highest BCUT2D eigenvalue weighted by Gasteiger charge is 2.29. The number of carbonyl (C=O) groups is 1. The predicted octanol–water partition coefficient (Wildman–Crippen LogP) is 5.55. The van der Waals surface area contributed by atoms with Crippen LogP contribution in [-0.2, 0) is 13.1 Å². The summed E-state index contributed by atoms with van der Waals surface area (Å²) in [7, 11) is 2.20. The first-order valence-corrected chi connectivity index (χ1v) is 14.2. The fraction of sp³-hybridized carbons (Fsp3) is 0.452. The molecule has 2 heterocycles. The summed E-state index contributed by atoms with van der Waals surface area (Å²) in [5.74, 6) is -0.229. The van der Waals surface area contributed by atoms with E-state index < -0.39 is 0 Å². The molecule has 0 saturated heterocycles. The van der Waals surface area contributed by atoms with Gasteiger partial charge in [0.15, 0.2) is 5.43 Å². The summed E-state index contributed by atoms with van der Waals surface area (Å²) in [6, 6.07) is 10.3. The summed E-state index contributed by atoms with van der Waals surface area (Å²) in [5, 5.41) is 3.48. The summed E-state index contributed by atoms with van der Waals surface area (Å²) in [4.78, 5) is 38.0. The van der Waals surface area contributed by atoms with Crippen LogP contribution in [0.15, 0.2) is 47.5 Å². The van der Waals surface area contributed by atoms with Crippen LogP contribution in [-0.4, -0.2) is 46.5 Å². The van der Waals surface area contributed by atoms with Crippen molar-refractivity contribution >= 4 is 23.2 Å². The van der Waals surface area contributed by atoms with Crippen LogP contribution in [0.1, 0.15) is 71.0 Å². The van der Waals surface area contributed by atoms with Gasteiger partial charge in [-0.1, -0.05) is 17.7 Å². The van der Waals surface area contributed by atoms with Crippen molar-refractivity contribution in [3.05, 3.63) is 91.6 Å². The minimum absolute atomic E-state index is 0.0774. The van der Waals surface area contributed by atoms with E-state index in [0.29, 0.717) is 28.2 Å². The van der Waals surface area contributed by atoms with Gasteiger partial charge in [0.2, 0.25) is 0 Å². The molecule has 0 spiro atoms. The third-order valence-corrected chi connectivity index (χ3v) is 8.25.